The highest BCUT2D eigenvalue weighted by Gasteiger charge is 2.42. The molecule has 3 heteroatoms. The van der Waals surface area contributed by atoms with Gasteiger partial charge in [-0.1, -0.05) is 64.0 Å². The van der Waals surface area contributed by atoms with Crippen molar-refractivity contribution in [3.05, 3.63) is 12.7 Å². The van der Waals surface area contributed by atoms with Gasteiger partial charge >= 0.3 is 6.16 Å². The maximum Gasteiger partial charge on any atom is 0.509 e. The molecule has 0 radical (unpaired) electrons. The van der Waals surface area contributed by atoms with Gasteiger partial charge in [0.1, 0.15) is 12.2 Å². The monoisotopic (exact) mass is 322 g/mol. The van der Waals surface area contributed by atoms with E-state index in [9.17, 15) is 4.79 Å². The third-order valence-electron chi connectivity index (χ3n) is 5.65. The Morgan fingerprint density at radius 2 is 1.43 bits per heavy atom. The fourth-order valence-electron chi connectivity index (χ4n) is 4.40. The van der Waals surface area contributed by atoms with Gasteiger partial charge in [-0.05, 0) is 44.4 Å². The molecule has 0 spiro atoms. The summed E-state index contributed by atoms with van der Waals surface area (Å²) in [6.07, 6.45) is 18.3. The van der Waals surface area contributed by atoms with Crippen LogP contribution in [0.1, 0.15) is 89.9 Å². The van der Waals surface area contributed by atoms with Crippen LogP contribution in [-0.4, -0.2) is 18.4 Å². The summed E-state index contributed by atoms with van der Waals surface area (Å²) in [7, 11) is 0. The quantitative estimate of drug-likeness (QED) is 0.458. The second-order valence-corrected chi connectivity index (χ2v) is 7.33. The first-order chi connectivity index (χ1) is 11.3. The number of carbonyl (C=O) groups excluding carboxylic acids is 1. The van der Waals surface area contributed by atoms with Gasteiger partial charge in [-0.15, -0.1) is 0 Å². The molecule has 2 saturated carbocycles. The fraction of sp³-hybridized carbons (Fsp3) is 0.850. The molecule has 132 valence electrons. The molecule has 0 aliphatic heterocycles. The minimum atomic E-state index is -0.493. The van der Waals surface area contributed by atoms with Crippen molar-refractivity contribution in [3.63, 3.8) is 0 Å². The molecule has 2 fully saturated rings. The Morgan fingerprint density at radius 3 is 2.00 bits per heavy atom. The molecule has 3 nitrogen and oxygen atoms in total. The van der Waals surface area contributed by atoms with E-state index in [2.05, 4.69) is 6.58 Å². The molecule has 0 bridgehead atoms. The molecule has 0 aromatic heterocycles. The summed E-state index contributed by atoms with van der Waals surface area (Å²) in [6.45, 7) is 3.84. The van der Waals surface area contributed by atoms with Gasteiger partial charge in [-0.3, -0.25) is 0 Å². The summed E-state index contributed by atoms with van der Waals surface area (Å²) >= 11 is 0. The average molecular weight is 322 g/mol. The molecule has 0 N–H and O–H groups in total. The molecule has 0 atom stereocenters. The van der Waals surface area contributed by atoms with Crippen LogP contribution in [0.5, 0.6) is 0 Å². The van der Waals surface area contributed by atoms with E-state index in [1.54, 1.807) is 6.08 Å². The Hall–Kier alpha value is -0.990. The highest BCUT2D eigenvalue weighted by molar-refractivity contribution is 5.60. The number of rotatable bonds is 4. The molecular formula is C20H34O3. The first-order valence-corrected chi connectivity index (χ1v) is 9.73. The molecular weight excluding hydrogens is 288 g/mol. The van der Waals surface area contributed by atoms with E-state index in [0.717, 1.165) is 12.8 Å². The van der Waals surface area contributed by atoms with Crippen molar-refractivity contribution in [2.45, 2.75) is 95.5 Å². The number of hydrogen-bond acceptors (Lipinski definition) is 3. The Labute approximate surface area is 141 Å². The van der Waals surface area contributed by atoms with Crippen molar-refractivity contribution in [1.82, 2.24) is 0 Å². The van der Waals surface area contributed by atoms with Gasteiger partial charge in [0.2, 0.25) is 0 Å². The third-order valence-corrected chi connectivity index (χ3v) is 5.65. The maximum atomic E-state index is 12.2. The van der Waals surface area contributed by atoms with Crippen molar-refractivity contribution < 1.29 is 14.3 Å². The van der Waals surface area contributed by atoms with Crippen LogP contribution in [0.3, 0.4) is 0 Å². The number of ether oxygens (including phenoxy) is 2. The zero-order valence-corrected chi connectivity index (χ0v) is 14.7. The SMILES string of the molecule is C=CCOC(=O)OC1(C2CCCCCCC2)CCCCCCC1. The topological polar surface area (TPSA) is 35.5 Å². The molecule has 0 heterocycles. The van der Waals surface area contributed by atoms with Crippen LogP contribution in [0, 0.1) is 5.92 Å². The van der Waals surface area contributed by atoms with Gasteiger partial charge in [0, 0.05) is 0 Å². The minimum absolute atomic E-state index is 0.236. The van der Waals surface area contributed by atoms with Crippen LogP contribution < -0.4 is 0 Å². The molecule has 2 aliphatic rings. The summed E-state index contributed by atoms with van der Waals surface area (Å²) in [6, 6.07) is 0. The predicted octanol–water partition coefficient (Wildman–Crippen LogP) is 6.17. The Bertz CT molecular complexity index is 348. The van der Waals surface area contributed by atoms with Gasteiger partial charge in [-0.2, -0.15) is 0 Å². The zero-order valence-electron chi connectivity index (χ0n) is 14.7. The van der Waals surface area contributed by atoms with E-state index in [1.807, 2.05) is 0 Å². The summed E-state index contributed by atoms with van der Waals surface area (Å²) in [4.78, 5) is 12.2. The summed E-state index contributed by atoms with van der Waals surface area (Å²) in [5.41, 5.74) is -0.282. The van der Waals surface area contributed by atoms with Gasteiger partial charge in [0.05, 0.1) is 0 Å². The smallest absolute Gasteiger partial charge is 0.430 e. The van der Waals surface area contributed by atoms with Crippen LogP contribution in [0.25, 0.3) is 0 Å². The van der Waals surface area contributed by atoms with Crippen LogP contribution >= 0.6 is 0 Å². The lowest BCUT2D eigenvalue weighted by Gasteiger charge is -2.42. The molecule has 2 aliphatic carbocycles. The average Bonchev–Trinajstić information content (AvgIpc) is 2.48. The normalized spacial score (nSPS) is 23.7. The van der Waals surface area contributed by atoms with Crippen molar-refractivity contribution >= 4 is 6.16 Å². The van der Waals surface area contributed by atoms with Crippen LogP contribution in [0.2, 0.25) is 0 Å². The Kier molecular flexibility index (Phi) is 7.98. The molecule has 0 aromatic rings. The predicted molar refractivity (Wildman–Crippen MR) is 93.5 cm³/mol. The highest BCUT2D eigenvalue weighted by Crippen LogP contribution is 2.42. The van der Waals surface area contributed by atoms with E-state index in [1.165, 1.54) is 77.0 Å². The summed E-state index contributed by atoms with van der Waals surface area (Å²) < 4.78 is 11.2. The maximum absolute atomic E-state index is 12.2. The van der Waals surface area contributed by atoms with E-state index < -0.39 is 6.16 Å². The van der Waals surface area contributed by atoms with E-state index >= 15 is 0 Å². The zero-order chi connectivity index (χ0) is 16.4. The van der Waals surface area contributed by atoms with Crippen molar-refractivity contribution in [1.29, 1.82) is 0 Å². The lowest BCUT2D eigenvalue weighted by atomic mass is 9.72. The first-order valence-electron chi connectivity index (χ1n) is 9.73. The molecule has 0 saturated heterocycles. The van der Waals surface area contributed by atoms with Gasteiger partial charge < -0.3 is 9.47 Å². The third kappa shape index (κ3) is 5.86. The second-order valence-electron chi connectivity index (χ2n) is 7.33. The van der Waals surface area contributed by atoms with Gasteiger partial charge in [0.25, 0.3) is 0 Å². The standard InChI is InChI=1S/C20H34O3/c1-2-17-22-19(21)23-20(15-11-7-4-8-12-16-20)18-13-9-5-3-6-10-14-18/h2,18H,1,3-17H2. The van der Waals surface area contributed by atoms with E-state index in [-0.39, 0.29) is 12.2 Å². The van der Waals surface area contributed by atoms with Crippen LogP contribution in [0.4, 0.5) is 4.79 Å². The number of carbonyl (C=O) groups is 1. The summed E-state index contributed by atoms with van der Waals surface area (Å²) in [5, 5.41) is 0. The first kappa shape index (κ1) is 18.4. The minimum Gasteiger partial charge on any atom is -0.430 e. The highest BCUT2D eigenvalue weighted by atomic mass is 16.7. The number of hydrogen-bond donors (Lipinski definition) is 0. The van der Waals surface area contributed by atoms with Crippen molar-refractivity contribution in [2.75, 3.05) is 6.61 Å². The second kappa shape index (κ2) is 10.00. The van der Waals surface area contributed by atoms with Gasteiger partial charge in [0.15, 0.2) is 0 Å². The lowest BCUT2D eigenvalue weighted by molar-refractivity contribution is -0.0868. The molecule has 0 unspecified atom stereocenters. The molecule has 0 amide bonds. The van der Waals surface area contributed by atoms with Crippen LogP contribution in [-0.2, 0) is 9.47 Å². The Balaban J connectivity index is 2.10. The Morgan fingerprint density at radius 1 is 0.913 bits per heavy atom. The molecule has 23 heavy (non-hydrogen) atoms. The largest absolute Gasteiger partial charge is 0.509 e. The van der Waals surface area contributed by atoms with Crippen LogP contribution in [0.15, 0.2) is 12.7 Å². The lowest BCUT2D eigenvalue weighted by Crippen LogP contribution is -2.44. The van der Waals surface area contributed by atoms with Crippen molar-refractivity contribution in [2.24, 2.45) is 5.92 Å². The van der Waals surface area contributed by atoms with E-state index in [4.69, 9.17) is 9.47 Å². The molecule has 0 aromatic carbocycles. The summed E-state index contributed by atoms with van der Waals surface area (Å²) in [5.74, 6) is 0.511. The van der Waals surface area contributed by atoms with E-state index in [0.29, 0.717) is 5.92 Å². The fourth-order valence-corrected chi connectivity index (χ4v) is 4.40. The molecule has 2 rings (SSSR count). The van der Waals surface area contributed by atoms with Gasteiger partial charge in [-0.25, -0.2) is 4.79 Å². The van der Waals surface area contributed by atoms with Crippen molar-refractivity contribution in [3.8, 4) is 0 Å².